The maximum Gasteiger partial charge on any atom is 0.407 e. The monoisotopic (exact) mass is 383 g/mol. The van der Waals surface area contributed by atoms with Gasteiger partial charge in [-0.3, -0.25) is 0 Å². The molecular formula is C15H22BrN5O2. The predicted octanol–water partition coefficient (Wildman–Crippen LogP) is 3.21. The van der Waals surface area contributed by atoms with Crippen molar-refractivity contribution < 1.29 is 9.53 Å². The normalized spacial score (nSPS) is 11.5. The number of unbranched alkanes of at least 4 members (excludes halogenated alkanes) is 1. The third-order valence-electron chi connectivity index (χ3n) is 2.97. The SMILES string of the molecule is CC(C)(C)OC(=O)NCCCCNc1ncnn2ccc(Br)c12. The zero-order chi connectivity index (χ0) is 16.9. The van der Waals surface area contributed by atoms with E-state index in [2.05, 4.69) is 36.6 Å². The molecular weight excluding hydrogens is 362 g/mol. The fourth-order valence-corrected chi connectivity index (χ4v) is 2.50. The molecule has 0 bridgehead atoms. The molecule has 7 nitrogen and oxygen atoms in total. The molecule has 0 aromatic carbocycles. The average Bonchev–Trinajstić information content (AvgIpc) is 2.83. The number of nitrogens with one attached hydrogen (secondary N) is 2. The van der Waals surface area contributed by atoms with Crippen LogP contribution in [0, 0.1) is 0 Å². The predicted molar refractivity (Wildman–Crippen MR) is 92.6 cm³/mol. The van der Waals surface area contributed by atoms with Crippen molar-refractivity contribution in [2.24, 2.45) is 0 Å². The molecule has 1 amide bonds. The molecule has 2 aromatic rings. The standard InChI is InChI=1S/C15H22BrN5O2/c1-15(2,3)23-14(22)18-8-5-4-7-17-13-12-11(16)6-9-21(12)20-10-19-13/h6,9-10H,4-5,7-8H2,1-3H3,(H,18,22)(H,17,19,20). The summed E-state index contributed by atoms with van der Waals surface area (Å²) in [5.74, 6) is 0.789. The number of amides is 1. The maximum absolute atomic E-state index is 11.5. The number of halogens is 1. The number of ether oxygens (including phenoxy) is 1. The first-order valence-corrected chi connectivity index (χ1v) is 8.35. The minimum absolute atomic E-state index is 0.375. The zero-order valence-corrected chi connectivity index (χ0v) is 15.2. The lowest BCUT2D eigenvalue weighted by molar-refractivity contribution is 0.0527. The summed E-state index contributed by atoms with van der Waals surface area (Å²) >= 11 is 3.49. The summed E-state index contributed by atoms with van der Waals surface area (Å²) in [4.78, 5) is 15.8. The highest BCUT2D eigenvalue weighted by Crippen LogP contribution is 2.23. The molecule has 0 aliphatic heterocycles. The topological polar surface area (TPSA) is 80.5 Å². The summed E-state index contributed by atoms with van der Waals surface area (Å²) in [6.07, 6.45) is 4.78. The molecule has 0 atom stereocenters. The zero-order valence-electron chi connectivity index (χ0n) is 13.6. The van der Waals surface area contributed by atoms with Crippen molar-refractivity contribution in [3.63, 3.8) is 0 Å². The smallest absolute Gasteiger partial charge is 0.407 e. The van der Waals surface area contributed by atoms with Gasteiger partial charge < -0.3 is 15.4 Å². The van der Waals surface area contributed by atoms with Gasteiger partial charge in [-0.05, 0) is 55.6 Å². The molecule has 126 valence electrons. The molecule has 23 heavy (non-hydrogen) atoms. The van der Waals surface area contributed by atoms with E-state index in [0.717, 1.165) is 35.2 Å². The van der Waals surface area contributed by atoms with Crippen LogP contribution in [0.25, 0.3) is 5.52 Å². The Morgan fingerprint density at radius 3 is 2.83 bits per heavy atom. The van der Waals surface area contributed by atoms with Crippen LogP contribution in [0.5, 0.6) is 0 Å². The van der Waals surface area contributed by atoms with Crippen LogP contribution >= 0.6 is 15.9 Å². The van der Waals surface area contributed by atoms with Gasteiger partial charge in [0, 0.05) is 23.8 Å². The Kier molecular flexibility index (Phi) is 5.81. The number of carbonyl (C=O) groups is 1. The molecule has 0 radical (unpaired) electrons. The molecule has 0 saturated heterocycles. The van der Waals surface area contributed by atoms with Gasteiger partial charge in [0.15, 0.2) is 5.82 Å². The maximum atomic E-state index is 11.5. The van der Waals surface area contributed by atoms with Gasteiger partial charge in [0.25, 0.3) is 0 Å². The fourth-order valence-electron chi connectivity index (χ4n) is 2.01. The summed E-state index contributed by atoms with van der Waals surface area (Å²) in [5.41, 5.74) is 0.452. The van der Waals surface area contributed by atoms with Gasteiger partial charge in [-0.25, -0.2) is 14.3 Å². The summed E-state index contributed by atoms with van der Waals surface area (Å²) in [7, 11) is 0. The quantitative estimate of drug-likeness (QED) is 0.748. The Bertz CT molecular complexity index is 665. The van der Waals surface area contributed by atoms with E-state index in [1.165, 1.54) is 6.33 Å². The fraction of sp³-hybridized carbons (Fsp3) is 0.533. The van der Waals surface area contributed by atoms with Crippen LogP contribution in [-0.4, -0.2) is 39.4 Å². The second-order valence-electron chi connectivity index (χ2n) is 6.13. The van der Waals surface area contributed by atoms with Crippen molar-refractivity contribution >= 4 is 33.4 Å². The third kappa shape index (κ3) is 5.38. The molecule has 0 spiro atoms. The molecule has 2 aromatic heterocycles. The first-order valence-electron chi connectivity index (χ1n) is 7.55. The van der Waals surface area contributed by atoms with E-state index >= 15 is 0 Å². The summed E-state index contributed by atoms with van der Waals surface area (Å²) in [6, 6.07) is 1.93. The number of nitrogens with zero attached hydrogens (tertiary/aromatic N) is 3. The summed E-state index contributed by atoms with van der Waals surface area (Å²) in [5, 5.41) is 10.2. The summed E-state index contributed by atoms with van der Waals surface area (Å²) in [6.45, 7) is 6.89. The molecule has 2 rings (SSSR count). The van der Waals surface area contributed by atoms with Gasteiger partial charge in [-0.15, -0.1) is 0 Å². The molecule has 2 N–H and O–H groups in total. The highest BCUT2D eigenvalue weighted by Gasteiger charge is 2.15. The van der Waals surface area contributed by atoms with Gasteiger partial charge in [0.1, 0.15) is 17.4 Å². The number of rotatable bonds is 6. The lowest BCUT2D eigenvalue weighted by Gasteiger charge is -2.19. The van der Waals surface area contributed by atoms with Crippen molar-refractivity contribution in [1.29, 1.82) is 0 Å². The Labute approximate surface area is 143 Å². The Morgan fingerprint density at radius 2 is 2.09 bits per heavy atom. The van der Waals surface area contributed by atoms with Crippen molar-refractivity contribution in [3.05, 3.63) is 23.1 Å². The van der Waals surface area contributed by atoms with E-state index in [4.69, 9.17) is 4.74 Å². The van der Waals surface area contributed by atoms with E-state index in [-0.39, 0.29) is 6.09 Å². The van der Waals surface area contributed by atoms with Crippen LogP contribution in [0.2, 0.25) is 0 Å². The number of aromatic nitrogens is 3. The van der Waals surface area contributed by atoms with Crippen molar-refractivity contribution in [2.45, 2.75) is 39.2 Å². The minimum Gasteiger partial charge on any atom is -0.444 e. The van der Waals surface area contributed by atoms with E-state index < -0.39 is 5.60 Å². The second-order valence-corrected chi connectivity index (χ2v) is 6.98. The first kappa shape index (κ1) is 17.5. The molecule has 0 aliphatic carbocycles. The highest BCUT2D eigenvalue weighted by atomic mass is 79.9. The van der Waals surface area contributed by atoms with E-state index in [9.17, 15) is 4.79 Å². The summed E-state index contributed by atoms with van der Waals surface area (Å²) < 4.78 is 7.89. The Hall–Kier alpha value is -1.83. The van der Waals surface area contributed by atoms with Gasteiger partial charge in [-0.1, -0.05) is 0 Å². The third-order valence-corrected chi connectivity index (χ3v) is 3.61. The van der Waals surface area contributed by atoms with Crippen LogP contribution in [-0.2, 0) is 4.74 Å². The molecule has 8 heteroatoms. The van der Waals surface area contributed by atoms with Gasteiger partial charge in [-0.2, -0.15) is 5.10 Å². The minimum atomic E-state index is -0.464. The Balaban J connectivity index is 1.69. The lowest BCUT2D eigenvalue weighted by atomic mass is 10.2. The van der Waals surface area contributed by atoms with Crippen molar-refractivity contribution in [1.82, 2.24) is 19.9 Å². The number of anilines is 1. The number of fused-ring (bicyclic) bond motifs is 1. The molecule has 0 unspecified atom stereocenters. The number of hydrogen-bond acceptors (Lipinski definition) is 5. The number of hydrogen-bond donors (Lipinski definition) is 2. The molecule has 0 aliphatic rings. The number of carbonyl (C=O) groups excluding carboxylic acids is 1. The van der Waals surface area contributed by atoms with E-state index in [0.29, 0.717) is 6.54 Å². The molecule has 0 fully saturated rings. The van der Waals surface area contributed by atoms with Crippen LogP contribution in [0.4, 0.5) is 10.6 Å². The van der Waals surface area contributed by atoms with Crippen molar-refractivity contribution in [2.75, 3.05) is 18.4 Å². The van der Waals surface area contributed by atoms with Crippen LogP contribution < -0.4 is 10.6 Å². The highest BCUT2D eigenvalue weighted by molar-refractivity contribution is 9.10. The van der Waals surface area contributed by atoms with Gasteiger partial charge in [0.2, 0.25) is 0 Å². The van der Waals surface area contributed by atoms with Gasteiger partial charge >= 0.3 is 6.09 Å². The van der Waals surface area contributed by atoms with Gasteiger partial charge in [0.05, 0.1) is 0 Å². The molecule has 0 saturated carbocycles. The average molecular weight is 384 g/mol. The van der Waals surface area contributed by atoms with Crippen LogP contribution in [0.1, 0.15) is 33.6 Å². The number of alkyl carbamates (subject to hydrolysis) is 1. The Morgan fingerprint density at radius 1 is 1.35 bits per heavy atom. The van der Waals surface area contributed by atoms with Crippen molar-refractivity contribution in [3.8, 4) is 0 Å². The van der Waals surface area contributed by atoms with E-state index in [1.54, 1.807) is 4.52 Å². The first-order chi connectivity index (χ1) is 10.9. The van der Waals surface area contributed by atoms with Crippen LogP contribution in [0.3, 0.4) is 0 Å². The van der Waals surface area contributed by atoms with Crippen LogP contribution in [0.15, 0.2) is 23.1 Å². The molecule has 2 heterocycles. The largest absolute Gasteiger partial charge is 0.444 e. The second kappa shape index (κ2) is 7.63. The van der Waals surface area contributed by atoms with E-state index in [1.807, 2.05) is 33.0 Å². The lowest BCUT2D eigenvalue weighted by Crippen LogP contribution is -2.33.